The number of aromatic nitrogens is 1. The minimum absolute atomic E-state index is 0.543. The van der Waals surface area contributed by atoms with E-state index in [-0.39, 0.29) is 0 Å². The number of nitrogens with zero attached hydrogens (tertiary/aromatic N) is 1. The predicted octanol–water partition coefficient (Wildman–Crippen LogP) is 4.04. The van der Waals surface area contributed by atoms with E-state index in [4.69, 9.17) is 8.83 Å². The van der Waals surface area contributed by atoms with Crippen molar-refractivity contribution in [3.05, 3.63) is 54.8 Å². The molecule has 0 aliphatic carbocycles. The molecule has 3 heteroatoms. The van der Waals surface area contributed by atoms with Crippen LogP contribution in [-0.4, -0.2) is 4.98 Å². The molecular weight excluding hydrogens is 226 g/mol. The molecule has 0 N–H and O–H groups in total. The minimum atomic E-state index is 0.543. The molecule has 0 spiro atoms. The summed E-state index contributed by atoms with van der Waals surface area (Å²) in [6.45, 7) is 0. The van der Waals surface area contributed by atoms with Crippen molar-refractivity contribution in [2.75, 3.05) is 0 Å². The third-order valence-electron chi connectivity index (χ3n) is 2.93. The molecule has 1 radical (unpaired) electrons. The number of fused-ring (bicyclic) bond motifs is 2. The number of oxazole rings is 1. The van der Waals surface area contributed by atoms with Gasteiger partial charge in [0.1, 0.15) is 11.1 Å². The van der Waals surface area contributed by atoms with Gasteiger partial charge in [0.2, 0.25) is 5.89 Å². The molecule has 3 nitrogen and oxygen atoms in total. The van der Waals surface area contributed by atoms with Crippen molar-refractivity contribution in [1.82, 2.24) is 4.98 Å². The standard InChI is InChI=1S/C15H8NO2/c1-3-7-13-10(5-1)11(9-17-13)15-16-12-6-2-4-8-14(12)18-15/h1-8H. The normalized spacial score (nSPS) is 11.3. The summed E-state index contributed by atoms with van der Waals surface area (Å²) in [6, 6.07) is 15.4. The van der Waals surface area contributed by atoms with Gasteiger partial charge in [-0.3, -0.25) is 0 Å². The van der Waals surface area contributed by atoms with Crippen LogP contribution in [0.3, 0.4) is 0 Å². The first-order valence-corrected chi connectivity index (χ1v) is 5.67. The maximum Gasteiger partial charge on any atom is 0.232 e. The van der Waals surface area contributed by atoms with Crippen LogP contribution < -0.4 is 0 Å². The zero-order chi connectivity index (χ0) is 11.9. The second-order valence-electron chi connectivity index (χ2n) is 4.06. The van der Waals surface area contributed by atoms with Crippen molar-refractivity contribution in [2.45, 2.75) is 0 Å². The lowest BCUT2D eigenvalue weighted by atomic mass is 10.2. The fourth-order valence-electron chi connectivity index (χ4n) is 2.06. The van der Waals surface area contributed by atoms with Crippen LogP contribution in [0.5, 0.6) is 0 Å². The van der Waals surface area contributed by atoms with Gasteiger partial charge in [-0.1, -0.05) is 30.3 Å². The summed E-state index contributed by atoms with van der Waals surface area (Å²) in [7, 11) is 0. The Hall–Kier alpha value is -2.55. The summed E-state index contributed by atoms with van der Waals surface area (Å²) in [5, 5.41) is 0.962. The molecule has 0 unspecified atom stereocenters. The average Bonchev–Trinajstić information content (AvgIpc) is 3.02. The van der Waals surface area contributed by atoms with Crippen LogP contribution in [0.1, 0.15) is 0 Å². The van der Waals surface area contributed by atoms with Gasteiger partial charge in [0.15, 0.2) is 11.8 Å². The lowest BCUT2D eigenvalue weighted by Gasteiger charge is -1.89. The molecule has 0 aliphatic rings. The molecule has 0 aliphatic heterocycles. The number of furan rings is 1. The van der Waals surface area contributed by atoms with Crippen LogP contribution in [0.25, 0.3) is 33.5 Å². The number of hydrogen-bond donors (Lipinski definition) is 0. The van der Waals surface area contributed by atoms with Crippen molar-refractivity contribution < 1.29 is 8.83 Å². The molecule has 0 fully saturated rings. The van der Waals surface area contributed by atoms with Crippen LogP contribution in [-0.2, 0) is 0 Å². The second-order valence-corrected chi connectivity index (χ2v) is 4.06. The molecule has 2 heterocycles. The van der Waals surface area contributed by atoms with E-state index >= 15 is 0 Å². The van der Waals surface area contributed by atoms with Gasteiger partial charge in [-0.25, -0.2) is 4.98 Å². The SMILES string of the molecule is [c]1oc2ccccc2c1-c1nc2ccccc2o1. The van der Waals surface area contributed by atoms with E-state index in [1.165, 1.54) is 0 Å². The fourth-order valence-corrected chi connectivity index (χ4v) is 2.06. The van der Waals surface area contributed by atoms with Crippen molar-refractivity contribution in [1.29, 1.82) is 0 Å². The largest absolute Gasteiger partial charge is 0.452 e. The molecule has 18 heavy (non-hydrogen) atoms. The maximum absolute atomic E-state index is 5.72. The summed E-state index contributed by atoms with van der Waals surface area (Å²) in [5.74, 6) is 0.543. The smallest absolute Gasteiger partial charge is 0.232 e. The van der Waals surface area contributed by atoms with Crippen LogP contribution >= 0.6 is 0 Å². The van der Waals surface area contributed by atoms with Crippen LogP contribution in [0.15, 0.2) is 57.4 Å². The number of rotatable bonds is 1. The van der Waals surface area contributed by atoms with Crippen LogP contribution in [0.2, 0.25) is 0 Å². The molecule has 4 rings (SSSR count). The molecule has 0 saturated heterocycles. The van der Waals surface area contributed by atoms with Crippen molar-refractivity contribution in [2.24, 2.45) is 0 Å². The molecule has 2 aromatic heterocycles. The van der Waals surface area contributed by atoms with E-state index in [9.17, 15) is 0 Å². The summed E-state index contributed by atoms with van der Waals surface area (Å²) < 4.78 is 11.1. The minimum Gasteiger partial charge on any atom is -0.452 e. The molecule has 0 saturated carbocycles. The quantitative estimate of drug-likeness (QED) is 0.499. The zero-order valence-electron chi connectivity index (χ0n) is 9.38. The Balaban J connectivity index is 2.01. The third-order valence-corrected chi connectivity index (χ3v) is 2.93. The van der Waals surface area contributed by atoms with Crippen LogP contribution in [0, 0.1) is 6.26 Å². The molecule has 0 bridgehead atoms. The fraction of sp³-hybridized carbons (Fsp3) is 0. The summed E-state index contributed by atoms with van der Waals surface area (Å²) in [4.78, 5) is 4.45. The monoisotopic (exact) mass is 234 g/mol. The number of para-hydroxylation sites is 3. The van der Waals surface area contributed by atoms with Gasteiger partial charge >= 0.3 is 0 Å². The number of benzene rings is 2. The van der Waals surface area contributed by atoms with Crippen molar-refractivity contribution >= 4 is 22.1 Å². The Morgan fingerprint density at radius 2 is 1.67 bits per heavy atom. The Morgan fingerprint density at radius 3 is 2.56 bits per heavy atom. The third kappa shape index (κ3) is 1.27. The second kappa shape index (κ2) is 3.47. The summed E-state index contributed by atoms with van der Waals surface area (Å²) in [6.07, 6.45) is 2.86. The van der Waals surface area contributed by atoms with Gasteiger partial charge in [-0.05, 0) is 18.2 Å². The zero-order valence-corrected chi connectivity index (χ0v) is 9.38. The average molecular weight is 234 g/mol. The van der Waals surface area contributed by atoms with Gasteiger partial charge in [0.05, 0.1) is 5.56 Å². The molecule has 85 valence electrons. The van der Waals surface area contributed by atoms with Crippen molar-refractivity contribution in [3.63, 3.8) is 0 Å². The lowest BCUT2D eigenvalue weighted by Crippen LogP contribution is -1.73. The Kier molecular flexibility index (Phi) is 1.83. The number of hydrogen-bond acceptors (Lipinski definition) is 3. The van der Waals surface area contributed by atoms with Gasteiger partial charge in [-0.15, -0.1) is 0 Å². The topological polar surface area (TPSA) is 39.2 Å². The lowest BCUT2D eigenvalue weighted by molar-refractivity contribution is 0.594. The van der Waals surface area contributed by atoms with E-state index < -0.39 is 0 Å². The molecular formula is C15H8NO2. The highest BCUT2D eigenvalue weighted by molar-refractivity contribution is 5.92. The van der Waals surface area contributed by atoms with E-state index in [1.807, 2.05) is 48.5 Å². The molecule has 2 aromatic carbocycles. The predicted molar refractivity (Wildman–Crippen MR) is 68.1 cm³/mol. The molecule has 0 atom stereocenters. The Labute approximate surface area is 103 Å². The molecule has 0 amide bonds. The van der Waals surface area contributed by atoms with E-state index in [0.717, 1.165) is 27.6 Å². The van der Waals surface area contributed by atoms with Crippen LogP contribution in [0.4, 0.5) is 0 Å². The van der Waals surface area contributed by atoms with E-state index in [0.29, 0.717) is 5.89 Å². The first-order chi connectivity index (χ1) is 8.92. The van der Waals surface area contributed by atoms with Gasteiger partial charge in [0, 0.05) is 5.39 Å². The van der Waals surface area contributed by atoms with E-state index in [1.54, 1.807) is 0 Å². The Bertz CT molecular complexity index is 809. The summed E-state index contributed by atoms with van der Waals surface area (Å²) >= 11 is 0. The first-order valence-electron chi connectivity index (χ1n) is 5.67. The first kappa shape index (κ1) is 9.48. The Morgan fingerprint density at radius 1 is 0.889 bits per heavy atom. The van der Waals surface area contributed by atoms with Crippen molar-refractivity contribution in [3.8, 4) is 11.5 Å². The van der Waals surface area contributed by atoms with Gasteiger partial charge in [-0.2, -0.15) is 0 Å². The maximum atomic E-state index is 5.72. The summed E-state index contributed by atoms with van der Waals surface area (Å²) in [5.41, 5.74) is 3.16. The molecule has 4 aromatic rings. The highest BCUT2D eigenvalue weighted by Gasteiger charge is 2.14. The van der Waals surface area contributed by atoms with Gasteiger partial charge in [0.25, 0.3) is 0 Å². The van der Waals surface area contributed by atoms with E-state index in [2.05, 4.69) is 11.2 Å². The van der Waals surface area contributed by atoms with Gasteiger partial charge < -0.3 is 8.83 Å². The highest BCUT2D eigenvalue weighted by Crippen LogP contribution is 2.31. The highest BCUT2D eigenvalue weighted by atomic mass is 16.4.